The molecule has 0 radical (unpaired) electrons. The van der Waals surface area contributed by atoms with Crippen LogP contribution < -0.4 is 5.32 Å². The van der Waals surface area contributed by atoms with Gasteiger partial charge in [0.25, 0.3) is 5.91 Å². The molecule has 0 saturated heterocycles. The summed E-state index contributed by atoms with van der Waals surface area (Å²) in [5.41, 5.74) is 1.74. The van der Waals surface area contributed by atoms with E-state index in [1.807, 2.05) is 36.4 Å². The molecule has 144 valence electrons. The minimum atomic E-state index is -0.668. The molecule has 1 atom stereocenters. The molecule has 4 aromatic carbocycles. The van der Waals surface area contributed by atoms with Gasteiger partial charge in [-0.1, -0.05) is 77.8 Å². The number of aromatic hydroxyl groups is 1. The van der Waals surface area contributed by atoms with Gasteiger partial charge in [-0.2, -0.15) is 0 Å². The van der Waals surface area contributed by atoms with Crippen molar-refractivity contribution < 1.29 is 9.90 Å². The topological polar surface area (TPSA) is 49.3 Å². The van der Waals surface area contributed by atoms with E-state index in [-0.39, 0.29) is 11.7 Å². The van der Waals surface area contributed by atoms with Gasteiger partial charge in [-0.25, -0.2) is 0 Å². The standard InChI is InChI=1S/C24H17Cl2NO2/c25-17-11-12-19(20(26)14-17)23(27-24(29)16-7-2-1-3-8-16)22-18-9-5-4-6-15(18)10-13-21(22)28/h1-14,23,28H,(H,27,29). The SMILES string of the molecule is O=C(NC(c1ccc(Cl)cc1Cl)c1c(O)ccc2ccccc12)c1ccccc1. The van der Waals surface area contributed by atoms with Crippen molar-refractivity contribution in [2.45, 2.75) is 6.04 Å². The molecule has 0 bridgehead atoms. The quantitative estimate of drug-likeness (QED) is 0.401. The van der Waals surface area contributed by atoms with Crippen LogP contribution in [-0.2, 0) is 0 Å². The third-order valence-corrected chi connectivity index (χ3v) is 5.38. The van der Waals surface area contributed by atoms with E-state index in [2.05, 4.69) is 5.32 Å². The Balaban J connectivity index is 1.90. The highest BCUT2D eigenvalue weighted by Gasteiger charge is 2.25. The largest absolute Gasteiger partial charge is 0.508 e. The Morgan fingerprint density at radius 2 is 1.59 bits per heavy atom. The van der Waals surface area contributed by atoms with Crippen molar-refractivity contribution in [1.82, 2.24) is 5.32 Å². The highest BCUT2D eigenvalue weighted by atomic mass is 35.5. The fraction of sp³-hybridized carbons (Fsp3) is 0.0417. The van der Waals surface area contributed by atoms with Gasteiger partial charge in [-0.3, -0.25) is 4.79 Å². The molecule has 0 heterocycles. The maximum absolute atomic E-state index is 13.0. The molecule has 2 N–H and O–H groups in total. The lowest BCUT2D eigenvalue weighted by molar-refractivity contribution is 0.0943. The molecule has 0 aliphatic rings. The second-order valence-electron chi connectivity index (χ2n) is 6.66. The lowest BCUT2D eigenvalue weighted by Gasteiger charge is -2.23. The molecular formula is C24H17Cl2NO2. The number of phenolic OH excluding ortho intramolecular Hbond substituents is 1. The Hall–Kier alpha value is -3.01. The average Bonchev–Trinajstić information content (AvgIpc) is 2.73. The van der Waals surface area contributed by atoms with E-state index in [9.17, 15) is 9.90 Å². The van der Waals surface area contributed by atoms with E-state index in [0.29, 0.717) is 26.7 Å². The number of hydrogen-bond donors (Lipinski definition) is 2. The molecule has 1 unspecified atom stereocenters. The first-order chi connectivity index (χ1) is 14.0. The summed E-state index contributed by atoms with van der Waals surface area (Å²) in [6.07, 6.45) is 0. The lowest BCUT2D eigenvalue weighted by Crippen LogP contribution is -2.29. The number of carbonyl (C=O) groups excluding carboxylic acids is 1. The molecule has 4 aromatic rings. The molecule has 0 spiro atoms. The molecule has 1 amide bonds. The number of hydrogen-bond acceptors (Lipinski definition) is 2. The fourth-order valence-corrected chi connectivity index (χ4v) is 3.95. The molecule has 0 fully saturated rings. The maximum atomic E-state index is 13.0. The molecule has 0 aromatic heterocycles. The monoisotopic (exact) mass is 421 g/mol. The predicted octanol–water partition coefficient (Wildman–Crippen LogP) is 6.37. The van der Waals surface area contributed by atoms with E-state index in [0.717, 1.165) is 10.8 Å². The van der Waals surface area contributed by atoms with Crippen molar-refractivity contribution >= 4 is 39.9 Å². The number of nitrogens with one attached hydrogen (secondary N) is 1. The van der Waals surface area contributed by atoms with Crippen molar-refractivity contribution in [1.29, 1.82) is 0 Å². The van der Waals surface area contributed by atoms with Gasteiger partial charge in [0.15, 0.2) is 0 Å². The van der Waals surface area contributed by atoms with Crippen molar-refractivity contribution in [2.24, 2.45) is 0 Å². The molecule has 29 heavy (non-hydrogen) atoms. The second-order valence-corrected chi connectivity index (χ2v) is 7.50. The summed E-state index contributed by atoms with van der Waals surface area (Å²) in [5, 5.41) is 16.5. The molecule has 0 saturated carbocycles. The summed E-state index contributed by atoms with van der Waals surface area (Å²) < 4.78 is 0. The van der Waals surface area contributed by atoms with Crippen LogP contribution in [0.1, 0.15) is 27.5 Å². The predicted molar refractivity (Wildman–Crippen MR) is 118 cm³/mol. The van der Waals surface area contributed by atoms with Crippen LogP contribution >= 0.6 is 23.2 Å². The van der Waals surface area contributed by atoms with E-state index < -0.39 is 6.04 Å². The van der Waals surface area contributed by atoms with E-state index >= 15 is 0 Å². The van der Waals surface area contributed by atoms with Gasteiger partial charge >= 0.3 is 0 Å². The molecule has 3 nitrogen and oxygen atoms in total. The first kappa shape index (κ1) is 19.3. The van der Waals surface area contributed by atoms with Crippen LogP contribution in [0.25, 0.3) is 10.8 Å². The number of benzene rings is 4. The zero-order valence-corrected chi connectivity index (χ0v) is 16.8. The van der Waals surface area contributed by atoms with Crippen molar-refractivity contribution in [2.75, 3.05) is 0 Å². The van der Waals surface area contributed by atoms with Gasteiger partial charge in [0.2, 0.25) is 0 Å². The molecule has 0 aliphatic heterocycles. The lowest BCUT2D eigenvalue weighted by atomic mass is 9.92. The Bertz CT molecular complexity index is 1190. The smallest absolute Gasteiger partial charge is 0.252 e. The zero-order chi connectivity index (χ0) is 20.4. The van der Waals surface area contributed by atoms with Crippen LogP contribution in [0, 0.1) is 0 Å². The van der Waals surface area contributed by atoms with Crippen LogP contribution in [0.15, 0.2) is 84.9 Å². The van der Waals surface area contributed by atoms with Crippen LogP contribution in [0.4, 0.5) is 0 Å². The average molecular weight is 422 g/mol. The highest BCUT2D eigenvalue weighted by Crippen LogP contribution is 2.38. The zero-order valence-electron chi connectivity index (χ0n) is 15.3. The van der Waals surface area contributed by atoms with Crippen LogP contribution in [-0.4, -0.2) is 11.0 Å². The molecular weight excluding hydrogens is 405 g/mol. The van der Waals surface area contributed by atoms with Gasteiger partial charge in [0.05, 0.1) is 6.04 Å². The summed E-state index contributed by atoms with van der Waals surface area (Å²) in [6.45, 7) is 0. The van der Waals surface area contributed by atoms with Crippen molar-refractivity contribution in [3.8, 4) is 5.75 Å². The Morgan fingerprint density at radius 1 is 0.862 bits per heavy atom. The summed E-state index contributed by atoms with van der Waals surface area (Å²) in [4.78, 5) is 13.0. The van der Waals surface area contributed by atoms with Crippen molar-refractivity contribution in [3.63, 3.8) is 0 Å². The number of phenols is 1. The maximum Gasteiger partial charge on any atom is 0.252 e. The van der Waals surface area contributed by atoms with E-state index in [4.69, 9.17) is 23.2 Å². The minimum absolute atomic E-state index is 0.0769. The van der Waals surface area contributed by atoms with Gasteiger partial charge in [0, 0.05) is 21.2 Å². The van der Waals surface area contributed by atoms with E-state index in [1.165, 1.54) is 0 Å². The normalized spacial score (nSPS) is 11.9. The number of carbonyl (C=O) groups is 1. The summed E-state index contributed by atoms with van der Waals surface area (Å²) >= 11 is 12.6. The van der Waals surface area contributed by atoms with E-state index in [1.54, 1.807) is 48.5 Å². The van der Waals surface area contributed by atoms with Gasteiger partial charge in [-0.05, 0) is 46.7 Å². The number of rotatable bonds is 4. The van der Waals surface area contributed by atoms with Gasteiger partial charge < -0.3 is 10.4 Å². The number of fused-ring (bicyclic) bond motifs is 1. The Labute approximate surface area is 178 Å². The number of halogens is 2. The molecule has 0 aliphatic carbocycles. The summed E-state index contributed by atoms with van der Waals surface area (Å²) in [6, 6.07) is 24.5. The highest BCUT2D eigenvalue weighted by molar-refractivity contribution is 6.35. The fourth-order valence-electron chi connectivity index (χ4n) is 3.43. The molecule has 5 heteroatoms. The summed E-state index contributed by atoms with van der Waals surface area (Å²) in [7, 11) is 0. The third-order valence-electron chi connectivity index (χ3n) is 4.82. The van der Waals surface area contributed by atoms with Crippen LogP contribution in [0.2, 0.25) is 10.0 Å². The van der Waals surface area contributed by atoms with Crippen molar-refractivity contribution in [3.05, 3.63) is 112 Å². The minimum Gasteiger partial charge on any atom is -0.508 e. The third kappa shape index (κ3) is 3.93. The first-order valence-electron chi connectivity index (χ1n) is 9.06. The van der Waals surface area contributed by atoms with Crippen LogP contribution in [0.3, 0.4) is 0 Å². The van der Waals surface area contributed by atoms with Gasteiger partial charge in [0.1, 0.15) is 5.75 Å². The second kappa shape index (κ2) is 8.16. The summed E-state index contributed by atoms with van der Waals surface area (Å²) in [5.74, 6) is -0.193. The Morgan fingerprint density at radius 3 is 2.34 bits per heavy atom. The first-order valence-corrected chi connectivity index (χ1v) is 9.81. The number of amides is 1. The van der Waals surface area contributed by atoms with Crippen LogP contribution in [0.5, 0.6) is 5.75 Å². The van der Waals surface area contributed by atoms with Gasteiger partial charge in [-0.15, -0.1) is 0 Å². The Kier molecular flexibility index (Phi) is 5.43. The molecule has 4 rings (SSSR count).